The number of hydrogen-bond acceptors (Lipinski definition) is 3. The zero-order valence-electron chi connectivity index (χ0n) is 15.3. The Hall–Kier alpha value is -2.82. The van der Waals surface area contributed by atoms with Gasteiger partial charge in [-0.2, -0.15) is 0 Å². The third-order valence-corrected chi connectivity index (χ3v) is 4.83. The molecule has 4 N–H and O–H groups in total. The number of carbonyl (C=O) groups is 1. The van der Waals surface area contributed by atoms with E-state index >= 15 is 0 Å². The van der Waals surface area contributed by atoms with Crippen LogP contribution in [-0.2, 0) is 6.42 Å². The quantitative estimate of drug-likeness (QED) is 0.559. The Kier molecular flexibility index (Phi) is 4.98. The van der Waals surface area contributed by atoms with Gasteiger partial charge in [0.05, 0.1) is 0 Å². The maximum Gasteiger partial charge on any atom is 0.255 e. The molecule has 26 heavy (non-hydrogen) atoms. The number of aryl methyl sites for hydroxylation is 1. The highest BCUT2D eigenvalue weighted by Gasteiger charge is 2.30. The Morgan fingerprint density at radius 3 is 2.58 bits per heavy atom. The second-order valence-corrected chi connectivity index (χ2v) is 7.07. The highest BCUT2D eigenvalue weighted by molar-refractivity contribution is 6.05. The van der Waals surface area contributed by atoms with Gasteiger partial charge in [0.15, 0.2) is 0 Å². The van der Waals surface area contributed by atoms with E-state index in [0.717, 1.165) is 42.7 Å². The summed E-state index contributed by atoms with van der Waals surface area (Å²) in [4.78, 5) is 12.4. The highest BCUT2D eigenvalue weighted by atomic mass is 16.5. The van der Waals surface area contributed by atoms with E-state index in [1.165, 1.54) is 0 Å². The van der Waals surface area contributed by atoms with Crippen LogP contribution in [-0.4, -0.2) is 17.3 Å². The third kappa shape index (κ3) is 3.87. The third-order valence-electron chi connectivity index (χ3n) is 4.83. The predicted molar refractivity (Wildman–Crippen MR) is 104 cm³/mol. The lowest BCUT2D eigenvalue weighted by atomic mass is 9.89. The SMILES string of the molecule is CCCC1(C)CCc2cc(NC(=O)c3ccc(C(=N)N)cc3)ccc2O1. The summed E-state index contributed by atoms with van der Waals surface area (Å²) < 4.78 is 6.20. The van der Waals surface area contributed by atoms with Gasteiger partial charge in [-0.3, -0.25) is 10.2 Å². The Morgan fingerprint density at radius 2 is 1.92 bits per heavy atom. The molecule has 0 aliphatic carbocycles. The minimum Gasteiger partial charge on any atom is -0.487 e. The lowest BCUT2D eigenvalue weighted by Crippen LogP contribution is -2.36. The molecule has 0 bridgehead atoms. The van der Waals surface area contributed by atoms with E-state index in [1.807, 2.05) is 18.2 Å². The monoisotopic (exact) mass is 351 g/mol. The van der Waals surface area contributed by atoms with Crippen molar-refractivity contribution in [3.63, 3.8) is 0 Å². The first-order valence-electron chi connectivity index (χ1n) is 8.98. The summed E-state index contributed by atoms with van der Waals surface area (Å²) in [7, 11) is 0. The molecule has 0 spiro atoms. The minimum atomic E-state index is -0.187. The standard InChI is InChI=1S/C21H25N3O2/c1-3-11-21(2)12-10-16-13-17(8-9-18(16)26-21)24-20(25)15-6-4-14(5-7-15)19(22)23/h4-9,13H,3,10-12H2,1-2H3,(H3,22,23)(H,24,25). The van der Waals surface area contributed by atoms with Gasteiger partial charge >= 0.3 is 0 Å². The smallest absolute Gasteiger partial charge is 0.255 e. The largest absolute Gasteiger partial charge is 0.487 e. The van der Waals surface area contributed by atoms with E-state index < -0.39 is 0 Å². The molecule has 0 fully saturated rings. The summed E-state index contributed by atoms with van der Waals surface area (Å²) in [5.74, 6) is 0.713. The Labute approximate surface area is 154 Å². The number of ether oxygens (including phenoxy) is 1. The van der Waals surface area contributed by atoms with Crippen LogP contribution in [0.25, 0.3) is 0 Å². The van der Waals surface area contributed by atoms with E-state index in [2.05, 4.69) is 19.2 Å². The summed E-state index contributed by atoms with van der Waals surface area (Å²) in [6.45, 7) is 4.34. The average molecular weight is 351 g/mol. The van der Waals surface area contributed by atoms with Crippen LogP contribution in [0.3, 0.4) is 0 Å². The number of benzene rings is 2. The molecule has 3 rings (SSSR count). The molecular weight excluding hydrogens is 326 g/mol. The fourth-order valence-corrected chi connectivity index (χ4v) is 3.38. The molecule has 1 aliphatic heterocycles. The van der Waals surface area contributed by atoms with Crippen LogP contribution >= 0.6 is 0 Å². The van der Waals surface area contributed by atoms with Gasteiger partial charge in [0.25, 0.3) is 5.91 Å². The fraction of sp³-hybridized carbons (Fsp3) is 0.333. The van der Waals surface area contributed by atoms with Gasteiger partial charge in [-0.25, -0.2) is 0 Å². The molecule has 1 atom stereocenters. The first kappa shape index (κ1) is 18.0. The number of amides is 1. The van der Waals surface area contributed by atoms with E-state index in [4.69, 9.17) is 15.9 Å². The molecule has 1 aliphatic rings. The Morgan fingerprint density at radius 1 is 1.23 bits per heavy atom. The zero-order valence-corrected chi connectivity index (χ0v) is 15.3. The summed E-state index contributed by atoms with van der Waals surface area (Å²) in [5.41, 5.74) is 8.36. The normalized spacial score (nSPS) is 18.5. The number of amidine groups is 1. The lowest BCUT2D eigenvalue weighted by molar-refractivity contribution is 0.0555. The van der Waals surface area contributed by atoms with Crippen LogP contribution in [0.1, 0.15) is 54.6 Å². The van der Waals surface area contributed by atoms with Crippen molar-refractivity contribution < 1.29 is 9.53 Å². The molecule has 2 aromatic rings. The van der Waals surface area contributed by atoms with Crippen LogP contribution < -0.4 is 15.8 Å². The maximum absolute atomic E-state index is 12.4. The fourth-order valence-electron chi connectivity index (χ4n) is 3.38. The number of nitrogen functional groups attached to an aromatic ring is 1. The van der Waals surface area contributed by atoms with Crippen LogP contribution in [0.5, 0.6) is 5.75 Å². The van der Waals surface area contributed by atoms with E-state index in [0.29, 0.717) is 11.1 Å². The summed E-state index contributed by atoms with van der Waals surface area (Å²) in [5, 5.41) is 10.3. The summed E-state index contributed by atoms with van der Waals surface area (Å²) in [6, 6.07) is 12.5. The predicted octanol–water partition coefficient (Wildman–Crippen LogP) is 4.11. The molecule has 0 saturated heterocycles. The van der Waals surface area contributed by atoms with Crippen molar-refractivity contribution in [1.29, 1.82) is 5.41 Å². The number of rotatable bonds is 5. The van der Waals surface area contributed by atoms with Crippen molar-refractivity contribution in [1.82, 2.24) is 0 Å². The lowest BCUT2D eigenvalue weighted by Gasteiger charge is -2.36. The molecule has 136 valence electrons. The molecule has 0 radical (unpaired) electrons. The molecular formula is C21H25N3O2. The molecule has 0 aromatic heterocycles. The molecule has 0 saturated carbocycles. The zero-order chi connectivity index (χ0) is 18.7. The summed E-state index contributed by atoms with van der Waals surface area (Å²) in [6.07, 6.45) is 4.07. The van der Waals surface area contributed by atoms with E-state index in [-0.39, 0.29) is 17.3 Å². The second-order valence-electron chi connectivity index (χ2n) is 7.07. The van der Waals surface area contributed by atoms with Gasteiger partial charge in [-0.1, -0.05) is 25.5 Å². The first-order valence-corrected chi connectivity index (χ1v) is 8.98. The molecule has 5 heteroatoms. The molecule has 1 amide bonds. The second kappa shape index (κ2) is 7.20. The maximum atomic E-state index is 12.4. The van der Waals surface area contributed by atoms with Crippen molar-refractivity contribution in [2.45, 2.75) is 45.1 Å². The number of nitrogens with two attached hydrogens (primary N) is 1. The van der Waals surface area contributed by atoms with Gasteiger partial charge in [0.2, 0.25) is 0 Å². The Balaban J connectivity index is 1.71. The molecule has 1 heterocycles. The van der Waals surface area contributed by atoms with E-state index in [1.54, 1.807) is 24.3 Å². The topological polar surface area (TPSA) is 88.2 Å². The van der Waals surface area contributed by atoms with Gasteiger partial charge in [0.1, 0.15) is 17.2 Å². The molecule has 5 nitrogen and oxygen atoms in total. The number of nitrogens with one attached hydrogen (secondary N) is 2. The summed E-state index contributed by atoms with van der Waals surface area (Å²) >= 11 is 0. The van der Waals surface area contributed by atoms with Gasteiger partial charge in [-0.15, -0.1) is 0 Å². The van der Waals surface area contributed by atoms with Crippen LogP contribution in [0.15, 0.2) is 42.5 Å². The van der Waals surface area contributed by atoms with Crippen LogP contribution in [0.4, 0.5) is 5.69 Å². The van der Waals surface area contributed by atoms with Crippen molar-refractivity contribution in [2.24, 2.45) is 5.73 Å². The van der Waals surface area contributed by atoms with Crippen LogP contribution in [0.2, 0.25) is 0 Å². The van der Waals surface area contributed by atoms with Crippen molar-refractivity contribution >= 4 is 17.4 Å². The van der Waals surface area contributed by atoms with Crippen molar-refractivity contribution in [3.8, 4) is 5.75 Å². The molecule has 1 unspecified atom stereocenters. The number of anilines is 1. The van der Waals surface area contributed by atoms with E-state index in [9.17, 15) is 4.79 Å². The van der Waals surface area contributed by atoms with Crippen molar-refractivity contribution in [3.05, 3.63) is 59.2 Å². The average Bonchev–Trinajstić information content (AvgIpc) is 2.62. The van der Waals surface area contributed by atoms with Gasteiger partial charge < -0.3 is 15.8 Å². The number of carbonyl (C=O) groups excluding carboxylic acids is 1. The number of hydrogen-bond donors (Lipinski definition) is 3. The first-order chi connectivity index (χ1) is 12.4. The molecule has 2 aromatic carbocycles. The Bertz CT molecular complexity index is 830. The van der Waals surface area contributed by atoms with Gasteiger partial charge in [-0.05, 0) is 62.1 Å². The van der Waals surface area contributed by atoms with Crippen LogP contribution in [0, 0.1) is 5.41 Å². The highest BCUT2D eigenvalue weighted by Crippen LogP contribution is 2.37. The van der Waals surface area contributed by atoms with Crippen molar-refractivity contribution in [2.75, 3.05) is 5.32 Å². The number of fused-ring (bicyclic) bond motifs is 1. The van der Waals surface area contributed by atoms with Gasteiger partial charge in [0, 0.05) is 16.8 Å². The minimum absolute atomic E-state index is 0.0123.